The third-order valence-electron chi connectivity index (χ3n) is 3.53. The molecule has 21 heavy (non-hydrogen) atoms. The number of ether oxygens (including phenoxy) is 1. The fourth-order valence-corrected chi connectivity index (χ4v) is 2.46. The molecule has 0 aromatic heterocycles. The van der Waals surface area contributed by atoms with Gasteiger partial charge in [-0.2, -0.15) is 0 Å². The third kappa shape index (κ3) is 5.52. The predicted octanol–water partition coefficient (Wildman–Crippen LogP) is 2.08. The topological polar surface area (TPSA) is 41.6 Å². The molecule has 0 spiro atoms. The summed E-state index contributed by atoms with van der Waals surface area (Å²) in [6.07, 6.45) is 1.43. The molecule has 118 valence electrons. The Morgan fingerprint density at radius 1 is 1.43 bits per heavy atom. The van der Waals surface area contributed by atoms with Crippen LogP contribution in [0.15, 0.2) is 24.3 Å². The lowest BCUT2D eigenvalue weighted by Gasteiger charge is -2.16. The molecule has 4 nitrogen and oxygen atoms in total. The van der Waals surface area contributed by atoms with Crippen LogP contribution in [0.5, 0.6) is 5.75 Å². The molecule has 0 saturated carbocycles. The quantitative estimate of drug-likeness (QED) is 0.873. The van der Waals surface area contributed by atoms with E-state index < -0.39 is 0 Å². The Balaban J connectivity index is 0.00000220. The maximum atomic E-state index is 12.7. The van der Waals surface area contributed by atoms with Gasteiger partial charge < -0.3 is 15.0 Å². The standard InChI is InChI=1S/C15H21FN2O2.ClH/c1-17-10-12-6-8-18(11-12)15(19)7-9-20-14-4-2-13(16)3-5-14;/h2-5,12,17H,6-11H2,1H3;1H. The number of nitrogens with one attached hydrogen (secondary N) is 1. The zero-order valence-electron chi connectivity index (χ0n) is 12.2. The normalized spacial score (nSPS) is 17.4. The largest absolute Gasteiger partial charge is 0.493 e. The minimum absolute atomic E-state index is 0. The van der Waals surface area contributed by atoms with Crippen molar-refractivity contribution in [1.29, 1.82) is 0 Å². The molecule has 1 aliphatic heterocycles. The number of rotatable bonds is 6. The first-order valence-corrected chi connectivity index (χ1v) is 7.00. The van der Waals surface area contributed by atoms with Gasteiger partial charge in [0.05, 0.1) is 13.0 Å². The van der Waals surface area contributed by atoms with E-state index in [2.05, 4.69) is 5.32 Å². The second kappa shape index (κ2) is 8.85. The average molecular weight is 317 g/mol. The summed E-state index contributed by atoms with van der Waals surface area (Å²) in [7, 11) is 1.93. The van der Waals surface area contributed by atoms with Crippen LogP contribution in [0.25, 0.3) is 0 Å². The molecule has 6 heteroatoms. The summed E-state index contributed by atoms with van der Waals surface area (Å²) in [5.74, 6) is 0.988. The Morgan fingerprint density at radius 2 is 2.14 bits per heavy atom. The van der Waals surface area contributed by atoms with Crippen molar-refractivity contribution in [2.45, 2.75) is 12.8 Å². The number of benzene rings is 1. The molecule has 1 unspecified atom stereocenters. The zero-order valence-corrected chi connectivity index (χ0v) is 13.0. The van der Waals surface area contributed by atoms with E-state index in [1.54, 1.807) is 12.1 Å². The van der Waals surface area contributed by atoms with E-state index in [0.29, 0.717) is 24.7 Å². The van der Waals surface area contributed by atoms with Crippen LogP contribution >= 0.6 is 12.4 Å². The second-order valence-electron chi connectivity index (χ2n) is 5.10. The van der Waals surface area contributed by atoms with Crippen LogP contribution in [0, 0.1) is 11.7 Å². The predicted molar refractivity (Wildman–Crippen MR) is 82.4 cm³/mol. The van der Waals surface area contributed by atoms with Crippen molar-refractivity contribution in [2.75, 3.05) is 33.3 Å². The molecule has 1 amide bonds. The van der Waals surface area contributed by atoms with Gasteiger partial charge in [-0.3, -0.25) is 4.79 Å². The number of hydrogen-bond acceptors (Lipinski definition) is 3. The number of likely N-dealkylation sites (tertiary alicyclic amines) is 1. The molecule has 1 N–H and O–H groups in total. The fourth-order valence-electron chi connectivity index (χ4n) is 2.46. The Labute approximate surface area is 131 Å². The van der Waals surface area contributed by atoms with Crippen LogP contribution in [0.4, 0.5) is 4.39 Å². The molecular formula is C15H22ClFN2O2. The summed E-state index contributed by atoms with van der Waals surface area (Å²) in [4.78, 5) is 13.9. The Kier molecular flexibility index (Phi) is 7.47. The Bertz CT molecular complexity index is 442. The number of nitrogens with zero attached hydrogens (tertiary/aromatic N) is 1. The highest BCUT2D eigenvalue weighted by molar-refractivity contribution is 5.85. The van der Waals surface area contributed by atoms with Crippen molar-refractivity contribution in [2.24, 2.45) is 5.92 Å². The molecule has 1 aliphatic rings. The maximum Gasteiger partial charge on any atom is 0.226 e. The molecule has 1 aromatic rings. The molecule has 0 aliphatic carbocycles. The lowest BCUT2D eigenvalue weighted by molar-refractivity contribution is -0.130. The van der Waals surface area contributed by atoms with E-state index in [1.807, 2.05) is 11.9 Å². The number of amides is 1. The molecule has 0 radical (unpaired) electrons. The van der Waals surface area contributed by atoms with Gasteiger partial charge in [0.25, 0.3) is 0 Å². The van der Waals surface area contributed by atoms with Gasteiger partial charge in [-0.1, -0.05) is 0 Å². The van der Waals surface area contributed by atoms with Gasteiger partial charge >= 0.3 is 0 Å². The smallest absolute Gasteiger partial charge is 0.226 e. The highest BCUT2D eigenvalue weighted by Crippen LogP contribution is 2.16. The van der Waals surface area contributed by atoms with Crippen molar-refractivity contribution in [1.82, 2.24) is 10.2 Å². The van der Waals surface area contributed by atoms with Gasteiger partial charge in [0.15, 0.2) is 0 Å². The highest BCUT2D eigenvalue weighted by atomic mass is 35.5. The average Bonchev–Trinajstić information content (AvgIpc) is 2.90. The molecule has 1 heterocycles. The van der Waals surface area contributed by atoms with Crippen LogP contribution in [0.3, 0.4) is 0 Å². The number of hydrogen-bond donors (Lipinski definition) is 1. The van der Waals surface area contributed by atoms with E-state index in [1.165, 1.54) is 12.1 Å². The van der Waals surface area contributed by atoms with Crippen molar-refractivity contribution in [3.05, 3.63) is 30.1 Å². The molecule has 1 fully saturated rings. The highest BCUT2D eigenvalue weighted by Gasteiger charge is 2.25. The summed E-state index contributed by atoms with van der Waals surface area (Å²) in [5, 5.41) is 3.15. The minimum atomic E-state index is -0.291. The number of carbonyl (C=O) groups is 1. The zero-order chi connectivity index (χ0) is 14.4. The summed E-state index contributed by atoms with van der Waals surface area (Å²) >= 11 is 0. The van der Waals surface area contributed by atoms with E-state index in [0.717, 1.165) is 26.1 Å². The van der Waals surface area contributed by atoms with Crippen molar-refractivity contribution < 1.29 is 13.9 Å². The molecule has 2 rings (SSSR count). The van der Waals surface area contributed by atoms with E-state index in [-0.39, 0.29) is 24.1 Å². The molecular weight excluding hydrogens is 295 g/mol. The van der Waals surface area contributed by atoms with Crippen molar-refractivity contribution >= 4 is 18.3 Å². The second-order valence-corrected chi connectivity index (χ2v) is 5.10. The monoisotopic (exact) mass is 316 g/mol. The van der Waals surface area contributed by atoms with Crippen LogP contribution < -0.4 is 10.1 Å². The number of carbonyl (C=O) groups excluding carboxylic acids is 1. The summed E-state index contributed by atoms with van der Waals surface area (Å²) < 4.78 is 18.2. The SMILES string of the molecule is CNCC1CCN(C(=O)CCOc2ccc(F)cc2)C1.Cl. The van der Waals surface area contributed by atoms with E-state index in [4.69, 9.17) is 4.74 Å². The lowest BCUT2D eigenvalue weighted by Crippen LogP contribution is -2.31. The Hall–Kier alpha value is -1.33. The minimum Gasteiger partial charge on any atom is -0.493 e. The van der Waals surface area contributed by atoms with Crippen LogP contribution in [0.2, 0.25) is 0 Å². The molecule has 1 atom stereocenters. The van der Waals surface area contributed by atoms with Crippen LogP contribution in [-0.2, 0) is 4.79 Å². The molecule has 1 aromatic carbocycles. The third-order valence-corrected chi connectivity index (χ3v) is 3.53. The van der Waals surface area contributed by atoms with Gasteiger partial charge in [-0.25, -0.2) is 4.39 Å². The van der Waals surface area contributed by atoms with E-state index >= 15 is 0 Å². The van der Waals surface area contributed by atoms with Gasteiger partial charge in [-0.05, 0) is 50.2 Å². The first-order valence-electron chi connectivity index (χ1n) is 7.00. The van der Waals surface area contributed by atoms with Crippen molar-refractivity contribution in [3.8, 4) is 5.75 Å². The summed E-state index contributed by atoms with van der Waals surface area (Å²) in [6.45, 7) is 2.95. The summed E-state index contributed by atoms with van der Waals surface area (Å²) in [5.41, 5.74) is 0. The van der Waals surface area contributed by atoms with Crippen molar-refractivity contribution in [3.63, 3.8) is 0 Å². The Morgan fingerprint density at radius 3 is 2.81 bits per heavy atom. The van der Waals surface area contributed by atoms with Gasteiger partial charge in [0, 0.05) is 13.1 Å². The fraction of sp³-hybridized carbons (Fsp3) is 0.533. The molecule has 0 bridgehead atoms. The van der Waals surface area contributed by atoms with Gasteiger partial charge in [-0.15, -0.1) is 12.4 Å². The van der Waals surface area contributed by atoms with E-state index in [9.17, 15) is 9.18 Å². The van der Waals surface area contributed by atoms with Crippen LogP contribution in [-0.4, -0.2) is 44.1 Å². The first kappa shape index (κ1) is 17.7. The summed E-state index contributed by atoms with van der Waals surface area (Å²) in [6, 6.07) is 5.83. The molecule has 1 saturated heterocycles. The van der Waals surface area contributed by atoms with Gasteiger partial charge in [0.2, 0.25) is 5.91 Å². The van der Waals surface area contributed by atoms with Crippen LogP contribution in [0.1, 0.15) is 12.8 Å². The lowest BCUT2D eigenvalue weighted by atomic mass is 10.1. The first-order chi connectivity index (χ1) is 9.69. The number of halogens is 2. The van der Waals surface area contributed by atoms with Gasteiger partial charge in [0.1, 0.15) is 11.6 Å². The maximum absolute atomic E-state index is 12.7.